The zero-order valence-electron chi connectivity index (χ0n) is 15.9. The van der Waals surface area contributed by atoms with Gasteiger partial charge in [-0.15, -0.1) is 24.8 Å². The van der Waals surface area contributed by atoms with E-state index in [1.807, 2.05) is 0 Å². The predicted octanol–water partition coefficient (Wildman–Crippen LogP) is 1.78. The van der Waals surface area contributed by atoms with Gasteiger partial charge in [-0.2, -0.15) is 4.31 Å². The van der Waals surface area contributed by atoms with Crippen LogP contribution in [-0.4, -0.2) is 62.3 Å². The van der Waals surface area contributed by atoms with Crippen molar-refractivity contribution in [2.75, 3.05) is 38.0 Å². The summed E-state index contributed by atoms with van der Waals surface area (Å²) < 4.78 is 27.2. The third-order valence-electron chi connectivity index (χ3n) is 4.72. The van der Waals surface area contributed by atoms with Crippen molar-refractivity contribution >= 4 is 46.4 Å². The van der Waals surface area contributed by atoms with Gasteiger partial charge in [-0.05, 0) is 31.7 Å². The molecule has 0 bridgehead atoms. The van der Waals surface area contributed by atoms with Crippen molar-refractivity contribution < 1.29 is 13.2 Å². The molecule has 1 aliphatic heterocycles. The van der Waals surface area contributed by atoms with Gasteiger partial charge in [-0.25, -0.2) is 8.42 Å². The predicted molar refractivity (Wildman–Crippen MR) is 113 cm³/mol. The van der Waals surface area contributed by atoms with Crippen molar-refractivity contribution in [3.8, 4) is 0 Å². The number of rotatable bonds is 6. The van der Waals surface area contributed by atoms with Crippen LogP contribution in [0.4, 0.5) is 5.69 Å². The molecule has 2 rings (SSSR count). The average Bonchev–Trinajstić information content (AvgIpc) is 2.61. The van der Waals surface area contributed by atoms with E-state index in [1.54, 1.807) is 32.0 Å². The van der Waals surface area contributed by atoms with E-state index < -0.39 is 10.0 Å². The summed E-state index contributed by atoms with van der Waals surface area (Å²) in [6.07, 6.45) is 0. The zero-order chi connectivity index (χ0) is 18.6. The summed E-state index contributed by atoms with van der Waals surface area (Å²) in [5, 5.41) is 2.74. The van der Waals surface area contributed by atoms with Crippen molar-refractivity contribution in [3.63, 3.8) is 0 Å². The first-order valence-electron chi connectivity index (χ1n) is 8.64. The summed E-state index contributed by atoms with van der Waals surface area (Å²) in [5.74, 6) is -0.580. The second-order valence-corrected chi connectivity index (χ2v) is 8.44. The summed E-state index contributed by atoms with van der Waals surface area (Å²) in [6, 6.07) is 6.11. The lowest BCUT2D eigenvalue weighted by Gasteiger charge is -2.33. The van der Waals surface area contributed by atoms with E-state index in [2.05, 4.69) is 17.1 Å². The lowest BCUT2D eigenvalue weighted by molar-refractivity contribution is -0.119. The van der Waals surface area contributed by atoms with Crippen molar-refractivity contribution in [2.24, 2.45) is 11.7 Å². The quantitative estimate of drug-likeness (QED) is 0.702. The van der Waals surface area contributed by atoms with Crippen molar-refractivity contribution in [1.82, 2.24) is 9.21 Å². The van der Waals surface area contributed by atoms with Gasteiger partial charge in [0.2, 0.25) is 15.9 Å². The maximum atomic E-state index is 12.8. The number of sulfonamides is 1. The first-order valence-corrected chi connectivity index (χ1v) is 10.1. The largest absolute Gasteiger partial charge is 0.327 e. The standard InChI is InChI=1S/C17H28N4O3S.2ClH/c1-4-20-8-10-21(11-9-20)25(23,24)16-7-5-6-15(12-16)19-17(22)13(2)14(3)18;;/h5-7,12-14H,4,8-11,18H2,1-3H3,(H,19,22);2*1H. The molecule has 7 nitrogen and oxygen atoms in total. The van der Waals surface area contributed by atoms with Crippen LogP contribution in [0.5, 0.6) is 0 Å². The summed E-state index contributed by atoms with van der Waals surface area (Å²) in [6.45, 7) is 8.93. The molecule has 3 N–H and O–H groups in total. The molecule has 1 heterocycles. The number of nitrogens with one attached hydrogen (secondary N) is 1. The van der Waals surface area contributed by atoms with Crippen LogP contribution in [-0.2, 0) is 14.8 Å². The fraction of sp³-hybridized carbons (Fsp3) is 0.588. The Labute approximate surface area is 174 Å². The second-order valence-electron chi connectivity index (χ2n) is 6.50. The third kappa shape index (κ3) is 6.58. The molecular formula is C17H30Cl2N4O3S. The van der Waals surface area contributed by atoms with Crippen LogP contribution in [0, 0.1) is 5.92 Å². The van der Waals surface area contributed by atoms with Gasteiger partial charge in [0.1, 0.15) is 0 Å². The van der Waals surface area contributed by atoms with E-state index in [4.69, 9.17) is 5.73 Å². The van der Waals surface area contributed by atoms with Gasteiger partial charge in [0.15, 0.2) is 0 Å². The Balaban J connectivity index is 0.00000338. The van der Waals surface area contributed by atoms with Gasteiger partial charge in [0, 0.05) is 37.9 Å². The highest BCUT2D eigenvalue weighted by Crippen LogP contribution is 2.21. The zero-order valence-corrected chi connectivity index (χ0v) is 18.4. The smallest absolute Gasteiger partial charge is 0.243 e. The van der Waals surface area contributed by atoms with Crippen LogP contribution in [0.2, 0.25) is 0 Å². The van der Waals surface area contributed by atoms with Crippen LogP contribution in [0.1, 0.15) is 20.8 Å². The number of halogens is 2. The van der Waals surface area contributed by atoms with E-state index in [-0.39, 0.29) is 47.6 Å². The van der Waals surface area contributed by atoms with Crippen LogP contribution in [0.3, 0.4) is 0 Å². The number of anilines is 1. The van der Waals surface area contributed by atoms with Crippen molar-refractivity contribution in [2.45, 2.75) is 31.7 Å². The molecule has 0 radical (unpaired) electrons. The SMILES string of the molecule is CCN1CCN(S(=O)(=O)c2cccc(NC(=O)C(C)C(C)N)c2)CC1.Cl.Cl. The lowest BCUT2D eigenvalue weighted by atomic mass is 10.0. The second kappa shape index (κ2) is 11.2. The van der Waals surface area contributed by atoms with Gasteiger partial charge < -0.3 is 16.0 Å². The van der Waals surface area contributed by atoms with Gasteiger partial charge in [0.25, 0.3) is 0 Å². The van der Waals surface area contributed by atoms with Crippen molar-refractivity contribution in [3.05, 3.63) is 24.3 Å². The number of nitrogens with two attached hydrogens (primary N) is 1. The van der Waals surface area contributed by atoms with E-state index in [1.165, 1.54) is 10.4 Å². The molecule has 1 aliphatic rings. The topological polar surface area (TPSA) is 95.7 Å². The molecule has 1 aromatic rings. The van der Waals surface area contributed by atoms with Crippen LogP contribution in [0.15, 0.2) is 29.2 Å². The molecule has 0 aromatic heterocycles. The number of hydrogen-bond acceptors (Lipinski definition) is 5. The Morgan fingerprint density at radius 1 is 1.19 bits per heavy atom. The number of hydrogen-bond donors (Lipinski definition) is 2. The maximum absolute atomic E-state index is 12.8. The average molecular weight is 441 g/mol. The van der Waals surface area contributed by atoms with Gasteiger partial charge in [-0.1, -0.05) is 19.9 Å². The summed E-state index contributed by atoms with van der Waals surface area (Å²) >= 11 is 0. The minimum atomic E-state index is -3.56. The Bertz CT molecular complexity index is 708. The molecule has 1 fully saturated rings. The fourth-order valence-corrected chi connectivity index (χ4v) is 4.13. The van der Waals surface area contributed by atoms with Crippen LogP contribution < -0.4 is 11.1 Å². The summed E-state index contributed by atoms with van der Waals surface area (Å²) in [5.41, 5.74) is 6.21. The normalized spacial score (nSPS) is 17.9. The van der Waals surface area contributed by atoms with E-state index in [0.717, 1.165) is 19.6 Å². The molecule has 1 amide bonds. The summed E-state index contributed by atoms with van der Waals surface area (Å²) in [7, 11) is -3.56. The molecule has 10 heteroatoms. The molecule has 0 spiro atoms. The highest BCUT2D eigenvalue weighted by atomic mass is 35.5. The molecule has 1 saturated heterocycles. The van der Waals surface area contributed by atoms with E-state index in [9.17, 15) is 13.2 Å². The first-order chi connectivity index (χ1) is 11.8. The molecule has 2 atom stereocenters. The fourth-order valence-electron chi connectivity index (χ4n) is 2.66. The Kier molecular flexibility index (Phi) is 10.8. The monoisotopic (exact) mass is 440 g/mol. The molecule has 1 aromatic carbocycles. The minimum Gasteiger partial charge on any atom is -0.327 e. The molecule has 27 heavy (non-hydrogen) atoms. The first kappa shape index (κ1) is 26.1. The molecule has 0 aliphatic carbocycles. The number of carbonyl (C=O) groups is 1. The lowest BCUT2D eigenvalue weighted by Crippen LogP contribution is -2.48. The molecule has 2 unspecified atom stereocenters. The molecule has 156 valence electrons. The number of piperazine rings is 1. The maximum Gasteiger partial charge on any atom is 0.243 e. The highest BCUT2D eigenvalue weighted by Gasteiger charge is 2.28. The number of likely N-dealkylation sites (N-methyl/N-ethyl adjacent to an activating group) is 1. The number of nitrogens with zero attached hydrogens (tertiary/aromatic N) is 2. The van der Waals surface area contributed by atoms with Crippen LogP contribution in [0.25, 0.3) is 0 Å². The molecule has 0 saturated carbocycles. The molecular weight excluding hydrogens is 411 g/mol. The van der Waals surface area contributed by atoms with Crippen molar-refractivity contribution in [1.29, 1.82) is 0 Å². The van der Waals surface area contributed by atoms with Gasteiger partial charge in [-0.3, -0.25) is 4.79 Å². The Morgan fingerprint density at radius 3 is 2.30 bits per heavy atom. The number of carbonyl (C=O) groups excluding carboxylic acids is 1. The highest BCUT2D eigenvalue weighted by molar-refractivity contribution is 7.89. The third-order valence-corrected chi connectivity index (χ3v) is 6.61. The number of benzene rings is 1. The Hall–Kier alpha value is -0.900. The van der Waals surface area contributed by atoms with Gasteiger partial charge in [0.05, 0.1) is 10.8 Å². The van der Waals surface area contributed by atoms with Gasteiger partial charge >= 0.3 is 0 Å². The number of amides is 1. The van der Waals surface area contributed by atoms with E-state index >= 15 is 0 Å². The summed E-state index contributed by atoms with van der Waals surface area (Å²) in [4.78, 5) is 14.5. The van der Waals surface area contributed by atoms with Crippen LogP contribution >= 0.6 is 24.8 Å². The Morgan fingerprint density at radius 2 is 1.78 bits per heavy atom. The van der Waals surface area contributed by atoms with E-state index in [0.29, 0.717) is 18.8 Å². The minimum absolute atomic E-state index is 0.